The number of carbonyl (C=O) groups excluding carboxylic acids is 4. The predicted octanol–water partition coefficient (Wildman–Crippen LogP) is 2.61. The topological polar surface area (TPSA) is 135 Å². The van der Waals surface area contributed by atoms with Gasteiger partial charge in [0.05, 0.1) is 0 Å². The van der Waals surface area contributed by atoms with Crippen LogP contribution in [0.15, 0.2) is 0 Å². The van der Waals surface area contributed by atoms with Crippen LogP contribution in [0.4, 0.5) is 9.59 Å². The molecule has 0 saturated carbocycles. The third-order valence-corrected chi connectivity index (χ3v) is 3.89. The van der Waals surface area contributed by atoms with Gasteiger partial charge in [-0.1, -0.05) is 6.92 Å². The second-order valence-electron chi connectivity index (χ2n) is 9.47. The first-order valence-corrected chi connectivity index (χ1v) is 11.2. The van der Waals surface area contributed by atoms with Crippen molar-refractivity contribution >= 4 is 24.0 Å². The lowest BCUT2D eigenvalue weighted by atomic mass is 10.1. The molecule has 0 aliphatic heterocycles. The normalized spacial score (nSPS) is 12.3. The molecule has 0 rings (SSSR count). The Hall–Kier alpha value is -2.52. The van der Waals surface area contributed by atoms with Gasteiger partial charge in [0.1, 0.15) is 17.2 Å². The monoisotopic (exact) mass is 458 g/mol. The molecule has 0 aromatic rings. The Balaban J connectivity index is 4.53. The first kappa shape index (κ1) is 29.5. The molecule has 0 fully saturated rings. The zero-order valence-electron chi connectivity index (χ0n) is 20.7. The molecule has 186 valence electrons. The number of hydrogen-bond acceptors (Lipinski definition) is 6. The van der Waals surface area contributed by atoms with E-state index in [9.17, 15) is 19.2 Å². The van der Waals surface area contributed by atoms with Crippen molar-refractivity contribution in [3.63, 3.8) is 0 Å². The van der Waals surface area contributed by atoms with Gasteiger partial charge >= 0.3 is 12.2 Å². The molecule has 0 radical (unpaired) electrons. The fraction of sp³-hybridized carbons (Fsp3) is 0.818. The number of nitrogens with one attached hydrogen (secondary N) is 4. The van der Waals surface area contributed by atoms with Gasteiger partial charge in [-0.3, -0.25) is 9.59 Å². The minimum Gasteiger partial charge on any atom is -0.444 e. The molecule has 0 aliphatic carbocycles. The van der Waals surface area contributed by atoms with Crippen molar-refractivity contribution in [1.82, 2.24) is 21.3 Å². The summed E-state index contributed by atoms with van der Waals surface area (Å²) in [4.78, 5) is 47.6. The highest BCUT2D eigenvalue weighted by Gasteiger charge is 2.24. The maximum absolute atomic E-state index is 12.6. The molecule has 0 spiro atoms. The van der Waals surface area contributed by atoms with E-state index in [1.807, 2.05) is 0 Å². The summed E-state index contributed by atoms with van der Waals surface area (Å²) in [6.07, 6.45) is 1.42. The van der Waals surface area contributed by atoms with E-state index >= 15 is 0 Å². The lowest BCUT2D eigenvalue weighted by Crippen LogP contribution is -2.48. The van der Waals surface area contributed by atoms with Gasteiger partial charge in [-0.2, -0.15) is 0 Å². The summed E-state index contributed by atoms with van der Waals surface area (Å²) in [5, 5.41) is 10.8. The Morgan fingerprint density at radius 3 is 1.81 bits per heavy atom. The Labute approximate surface area is 191 Å². The van der Waals surface area contributed by atoms with E-state index in [1.165, 1.54) is 0 Å². The number of carbonyl (C=O) groups is 4. The number of unbranched alkanes of at least 4 members (excludes halogenated alkanes) is 1. The molecule has 10 nitrogen and oxygen atoms in total. The van der Waals surface area contributed by atoms with Crippen molar-refractivity contribution in [2.24, 2.45) is 0 Å². The summed E-state index contributed by atoms with van der Waals surface area (Å²) in [5.74, 6) is -0.362. The minimum absolute atomic E-state index is 0.0409. The number of rotatable bonds is 12. The molecule has 0 aliphatic rings. The molecule has 0 aromatic carbocycles. The summed E-state index contributed by atoms with van der Waals surface area (Å²) in [7, 11) is 0. The van der Waals surface area contributed by atoms with Crippen molar-refractivity contribution < 1.29 is 28.7 Å². The van der Waals surface area contributed by atoms with E-state index in [0.717, 1.165) is 0 Å². The minimum atomic E-state index is -0.767. The van der Waals surface area contributed by atoms with Crippen LogP contribution in [-0.4, -0.2) is 60.9 Å². The van der Waals surface area contributed by atoms with E-state index in [-0.39, 0.29) is 11.8 Å². The Morgan fingerprint density at radius 2 is 1.25 bits per heavy atom. The molecule has 0 aromatic heterocycles. The third-order valence-electron chi connectivity index (χ3n) is 3.89. The first-order chi connectivity index (χ1) is 14.7. The Morgan fingerprint density at radius 1 is 0.719 bits per heavy atom. The Bertz CT molecular complexity index is 611. The smallest absolute Gasteiger partial charge is 0.408 e. The lowest BCUT2D eigenvalue weighted by Gasteiger charge is -2.23. The standard InChI is InChI=1S/C22H42N4O6/c1-8-17(27)23-14-11-15-24-18(28)16(26-20(30)32-22(5,6)7)12-9-10-13-25-19(29)31-21(2,3)4/h16H,8-15H2,1-7H3,(H,23,27)(H,24,28)(H,25,29)(H,26,30). The van der Waals surface area contributed by atoms with Crippen LogP contribution in [0.1, 0.15) is 80.6 Å². The lowest BCUT2D eigenvalue weighted by molar-refractivity contribution is -0.123. The van der Waals surface area contributed by atoms with E-state index in [2.05, 4.69) is 21.3 Å². The van der Waals surface area contributed by atoms with Crippen molar-refractivity contribution in [2.45, 2.75) is 97.8 Å². The van der Waals surface area contributed by atoms with Crippen LogP contribution in [0.3, 0.4) is 0 Å². The quantitative estimate of drug-likeness (QED) is 0.332. The zero-order chi connectivity index (χ0) is 24.8. The van der Waals surface area contributed by atoms with Crippen LogP contribution in [0.2, 0.25) is 0 Å². The zero-order valence-corrected chi connectivity index (χ0v) is 20.7. The largest absolute Gasteiger partial charge is 0.444 e. The Kier molecular flexibility index (Phi) is 13.4. The van der Waals surface area contributed by atoms with Crippen molar-refractivity contribution in [1.29, 1.82) is 0 Å². The second-order valence-corrected chi connectivity index (χ2v) is 9.47. The number of alkyl carbamates (subject to hydrolysis) is 2. The van der Waals surface area contributed by atoms with Gasteiger partial charge in [0, 0.05) is 26.1 Å². The number of amides is 4. The van der Waals surface area contributed by atoms with Gasteiger partial charge < -0.3 is 30.7 Å². The summed E-state index contributed by atoms with van der Waals surface area (Å²) in [6, 6.07) is -0.767. The number of hydrogen-bond donors (Lipinski definition) is 4. The van der Waals surface area contributed by atoms with Crippen LogP contribution < -0.4 is 21.3 Å². The van der Waals surface area contributed by atoms with Crippen LogP contribution >= 0.6 is 0 Å². The average Bonchev–Trinajstić information content (AvgIpc) is 2.63. The van der Waals surface area contributed by atoms with Crippen LogP contribution in [0.5, 0.6) is 0 Å². The summed E-state index contributed by atoms with van der Waals surface area (Å²) < 4.78 is 10.4. The highest BCUT2D eigenvalue weighted by Crippen LogP contribution is 2.09. The second kappa shape index (κ2) is 14.5. The molecule has 32 heavy (non-hydrogen) atoms. The van der Waals surface area contributed by atoms with Gasteiger partial charge in [0.2, 0.25) is 11.8 Å². The maximum Gasteiger partial charge on any atom is 0.408 e. The molecule has 0 heterocycles. The summed E-state index contributed by atoms with van der Waals surface area (Å²) in [6.45, 7) is 13.6. The van der Waals surface area contributed by atoms with Crippen LogP contribution in [0.25, 0.3) is 0 Å². The highest BCUT2D eigenvalue weighted by atomic mass is 16.6. The molecule has 10 heteroatoms. The fourth-order valence-electron chi connectivity index (χ4n) is 2.47. The molecule has 4 N–H and O–H groups in total. The molecule has 0 saturated heterocycles. The summed E-state index contributed by atoms with van der Waals surface area (Å²) in [5.41, 5.74) is -1.25. The van der Waals surface area contributed by atoms with Gasteiger partial charge in [-0.15, -0.1) is 0 Å². The third kappa shape index (κ3) is 17.2. The van der Waals surface area contributed by atoms with Gasteiger partial charge in [0.15, 0.2) is 0 Å². The maximum atomic E-state index is 12.6. The van der Waals surface area contributed by atoms with E-state index in [0.29, 0.717) is 51.7 Å². The van der Waals surface area contributed by atoms with E-state index in [1.54, 1.807) is 48.5 Å². The molecule has 1 atom stereocenters. The van der Waals surface area contributed by atoms with Crippen molar-refractivity contribution in [2.75, 3.05) is 19.6 Å². The van der Waals surface area contributed by atoms with Gasteiger partial charge in [0.25, 0.3) is 0 Å². The van der Waals surface area contributed by atoms with Crippen LogP contribution in [-0.2, 0) is 19.1 Å². The molecular formula is C22H42N4O6. The van der Waals surface area contributed by atoms with Crippen molar-refractivity contribution in [3.05, 3.63) is 0 Å². The molecule has 1 unspecified atom stereocenters. The predicted molar refractivity (Wildman–Crippen MR) is 122 cm³/mol. The number of ether oxygens (including phenoxy) is 2. The van der Waals surface area contributed by atoms with Gasteiger partial charge in [-0.25, -0.2) is 9.59 Å². The summed E-state index contributed by atoms with van der Waals surface area (Å²) >= 11 is 0. The average molecular weight is 459 g/mol. The van der Waals surface area contributed by atoms with E-state index in [4.69, 9.17) is 9.47 Å². The van der Waals surface area contributed by atoms with Crippen LogP contribution in [0, 0.1) is 0 Å². The van der Waals surface area contributed by atoms with E-state index < -0.39 is 29.4 Å². The molecule has 4 amide bonds. The fourth-order valence-corrected chi connectivity index (χ4v) is 2.47. The van der Waals surface area contributed by atoms with Crippen molar-refractivity contribution in [3.8, 4) is 0 Å². The highest BCUT2D eigenvalue weighted by molar-refractivity contribution is 5.85. The molecular weight excluding hydrogens is 416 g/mol. The molecule has 0 bridgehead atoms. The SMILES string of the molecule is CCC(=O)NCCCNC(=O)C(CCCCNC(=O)OC(C)(C)C)NC(=O)OC(C)(C)C. The first-order valence-electron chi connectivity index (χ1n) is 11.2. The van der Waals surface area contributed by atoms with Gasteiger partial charge in [-0.05, 0) is 67.2 Å².